The Morgan fingerprint density at radius 3 is 1.38 bits per heavy atom. The number of rotatable bonds is 2. The maximum Gasteiger partial charge on any atom is 0.100 e. The van der Waals surface area contributed by atoms with Crippen molar-refractivity contribution in [2.75, 3.05) is 13.2 Å². The molecule has 0 fully saturated rings. The van der Waals surface area contributed by atoms with Crippen molar-refractivity contribution in [2.24, 2.45) is 0 Å². The van der Waals surface area contributed by atoms with Gasteiger partial charge < -0.3 is 15.3 Å². The number of aliphatic hydroxyl groups is 3. The van der Waals surface area contributed by atoms with Crippen LogP contribution in [-0.4, -0.2) is 39.9 Å². The first-order chi connectivity index (χ1) is 3.81. The van der Waals surface area contributed by atoms with E-state index in [2.05, 4.69) is 0 Å². The van der Waals surface area contributed by atoms with E-state index in [0.717, 1.165) is 0 Å². The van der Waals surface area contributed by atoms with Crippen molar-refractivity contribution in [3.05, 3.63) is 0 Å². The van der Waals surface area contributed by atoms with Crippen LogP contribution in [0.5, 0.6) is 0 Å². The second-order valence-electron chi connectivity index (χ2n) is 1.02. The van der Waals surface area contributed by atoms with Crippen LogP contribution >= 0.6 is 0 Å². The zero-order valence-corrected chi connectivity index (χ0v) is 4.19. The molecule has 0 rings (SSSR count). The summed E-state index contributed by atoms with van der Waals surface area (Å²) in [7, 11) is 0. The average Bonchev–Trinajstić information content (AvgIpc) is 1.91. The topological polar surface area (TPSA) is 101 Å². The molecule has 5 heteroatoms. The molecule has 0 aliphatic rings. The molecule has 4 N–H and O–H groups in total. The fourth-order valence-corrected chi connectivity index (χ4v) is 0.0577. The van der Waals surface area contributed by atoms with Crippen molar-refractivity contribution in [1.82, 2.24) is 0 Å². The van der Waals surface area contributed by atoms with Crippen molar-refractivity contribution in [3.8, 4) is 0 Å². The zero-order valence-electron chi connectivity index (χ0n) is 4.19. The van der Waals surface area contributed by atoms with E-state index >= 15 is 0 Å². The van der Waals surface area contributed by atoms with Gasteiger partial charge in [-0.05, 0) is 5.26 Å². The minimum Gasteiger partial charge on any atom is -0.394 e. The molecule has 0 saturated carbocycles. The second kappa shape index (κ2) is 9.93. The predicted octanol–water partition coefficient (Wildman–Crippen LogP) is -1.78. The molecule has 5 nitrogen and oxygen atoms in total. The first-order valence-electron chi connectivity index (χ1n) is 1.89. The Hall–Kier alpha value is -0.200. The molecule has 1 radical (unpaired) electrons. The lowest BCUT2D eigenvalue weighted by atomic mass is 10.4. The van der Waals surface area contributed by atoms with Crippen LogP contribution in [0.25, 0.3) is 0 Å². The van der Waals surface area contributed by atoms with Crippen molar-refractivity contribution < 1.29 is 25.8 Å². The summed E-state index contributed by atoms with van der Waals surface area (Å²) >= 11 is 0. The summed E-state index contributed by atoms with van der Waals surface area (Å²) in [6.07, 6.45) is -0.954. The Kier molecular flexibility index (Phi) is 13.3. The molecule has 51 valence electrons. The molecule has 0 atom stereocenters. The molecular formula is C3H9O5. The first kappa shape index (κ1) is 10.7. The highest BCUT2D eigenvalue weighted by Crippen LogP contribution is 1.71. The van der Waals surface area contributed by atoms with Gasteiger partial charge in [0.25, 0.3) is 0 Å². The molecule has 0 aromatic heterocycles. The zero-order chi connectivity index (χ0) is 6.99. The molecule has 0 amide bonds. The summed E-state index contributed by atoms with van der Waals surface area (Å²) < 4.78 is 0. The summed E-state index contributed by atoms with van der Waals surface area (Å²) in [6.45, 7) is -0.729. The highest BCUT2D eigenvalue weighted by Gasteiger charge is 1.93. The third kappa shape index (κ3) is 9.25. The molecular weight excluding hydrogens is 116 g/mol. The Labute approximate surface area is 46.4 Å². The number of aliphatic hydroxyl groups excluding tert-OH is 3. The second-order valence-corrected chi connectivity index (χ2v) is 1.02. The summed E-state index contributed by atoms with van der Waals surface area (Å²) in [5, 5.41) is 37.0. The molecule has 0 heterocycles. The van der Waals surface area contributed by atoms with Crippen molar-refractivity contribution >= 4 is 0 Å². The van der Waals surface area contributed by atoms with Crippen LogP contribution in [0, 0.1) is 0 Å². The van der Waals surface area contributed by atoms with Crippen LogP contribution in [0.3, 0.4) is 0 Å². The molecule has 0 aromatic carbocycles. The van der Waals surface area contributed by atoms with Crippen LogP contribution < -0.4 is 0 Å². The Morgan fingerprint density at radius 1 is 1.12 bits per heavy atom. The normalized spacial score (nSPS) is 8.25. The minimum atomic E-state index is -0.954. The largest absolute Gasteiger partial charge is 0.394 e. The van der Waals surface area contributed by atoms with E-state index in [1.807, 2.05) is 0 Å². The summed E-state index contributed by atoms with van der Waals surface area (Å²) in [4.78, 5) is 0. The third-order valence-corrected chi connectivity index (χ3v) is 0.421. The summed E-state index contributed by atoms with van der Waals surface area (Å²) in [5.41, 5.74) is 0. The van der Waals surface area contributed by atoms with Crippen LogP contribution in [0.4, 0.5) is 0 Å². The summed E-state index contributed by atoms with van der Waals surface area (Å²) in [5.74, 6) is 0. The lowest BCUT2D eigenvalue weighted by molar-refractivity contribution is -0.247. The van der Waals surface area contributed by atoms with E-state index in [1.54, 1.807) is 0 Å². The minimum absolute atomic E-state index is 0.365. The molecule has 0 aliphatic heterocycles. The van der Waals surface area contributed by atoms with Gasteiger partial charge >= 0.3 is 0 Å². The van der Waals surface area contributed by atoms with Crippen LogP contribution in [0.2, 0.25) is 0 Å². The fraction of sp³-hybridized carbons (Fsp3) is 1.00. The first-order valence-corrected chi connectivity index (χ1v) is 1.89. The van der Waals surface area contributed by atoms with Crippen molar-refractivity contribution in [3.63, 3.8) is 0 Å². The lowest BCUT2D eigenvalue weighted by Gasteiger charge is -1.96. The van der Waals surface area contributed by atoms with Gasteiger partial charge in [0, 0.05) is 0 Å². The van der Waals surface area contributed by atoms with Crippen molar-refractivity contribution in [1.29, 1.82) is 0 Å². The van der Waals surface area contributed by atoms with Gasteiger partial charge in [-0.1, -0.05) is 0 Å². The summed E-state index contributed by atoms with van der Waals surface area (Å²) in [6, 6.07) is 0. The highest BCUT2D eigenvalue weighted by atomic mass is 17.0. The van der Waals surface area contributed by atoms with Crippen molar-refractivity contribution in [2.45, 2.75) is 6.10 Å². The average molecular weight is 125 g/mol. The Balaban J connectivity index is 0. The standard InChI is InChI=1S/C3H8O3.HO2/c4-1-3(6)2-5;1-2/h3-6H,1-2H2;1H. The Bertz CT molecular complexity index is 26.9. The molecule has 0 aliphatic carbocycles. The van der Waals surface area contributed by atoms with Gasteiger partial charge in [-0.15, -0.1) is 0 Å². The maximum absolute atomic E-state index is 8.17. The van der Waals surface area contributed by atoms with E-state index in [-0.39, 0.29) is 13.2 Å². The quantitative estimate of drug-likeness (QED) is 0.259. The van der Waals surface area contributed by atoms with Gasteiger partial charge in [0.15, 0.2) is 0 Å². The Morgan fingerprint density at radius 2 is 1.38 bits per heavy atom. The van der Waals surface area contributed by atoms with E-state index < -0.39 is 6.10 Å². The molecule has 0 bridgehead atoms. The predicted molar refractivity (Wildman–Crippen MR) is 23.5 cm³/mol. The maximum atomic E-state index is 8.17. The van der Waals surface area contributed by atoms with E-state index in [9.17, 15) is 0 Å². The lowest BCUT2D eigenvalue weighted by Crippen LogP contribution is -2.15. The van der Waals surface area contributed by atoms with E-state index in [4.69, 9.17) is 25.8 Å². The van der Waals surface area contributed by atoms with Gasteiger partial charge in [-0.25, -0.2) is 5.26 Å². The van der Waals surface area contributed by atoms with E-state index in [1.165, 1.54) is 0 Å². The smallest absolute Gasteiger partial charge is 0.100 e. The number of hydrogen-bond acceptors (Lipinski definition) is 4. The van der Waals surface area contributed by atoms with Crippen LogP contribution in [0.15, 0.2) is 0 Å². The van der Waals surface area contributed by atoms with Crippen LogP contribution in [0.1, 0.15) is 0 Å². The third-order valence-electron chi connectivity index (χ3n) is 0.421. The molecule has 0 unspecified atom stereocenters. The monoisotopic (exact) mass is 125 g/mol. The van der Waals surface area contributed by atoms with Gasteiger partial charge in [0.2, 0.25) is 0 Å². The fourth-order valence-electron chi connectivity index (χ4n) is 0.0577. The molecule has 0 saturated heterocycles. The highest BCUT2D eigenvalue weighted by molar-refractivity contribution is 4.43. The SMILES string of the molecule is OCC(O)CO.[O]O. The number of hydrogen-bond donors (Lipinski definition) is 4. The molecule has 8 heavy (non-hydrogen) atoms. The van der Waals surface area contributed by atoms with Gasteiger partial charge in [-0.2, -0.15) is 0 Å². The van der Waals surface area contributed by atoms with Gasteiger partial charge in [-0.3, -0.25) is 0 Å². The van der Waals surface area contributed by atoms with E-state index in [0.29, 0.717) is 0 Å². The molecule has 0 spiro atoms. The molecule has 0 aromatic rings. The van der Waals surface area contributed by atoms with Gasteiger partial charge in [0.05, 0.1) is 13.2 Å². The van der Waals surface area contributed by atoms with Gasteiger partial charge in [0.1, 0.15) is 6.10 Å². The van der Waals surface area contributed by atoms with Crippen LogP contribution in [-0.2, 0) is 5.26 Å².